The van der Waals surface area contributed by atoms with Gasteiger partial charge >= 0.3 is 6.03 Å². The highest BCUT2D eigenvalue weighted by molar-refractivity contribution is 5.76. The van der Waals surface area contributed by atoms with Crippen LogP contribution in [-0.4, -0.2) is 46.3 Å². The Labute approximate surface area is 230 Å². The van der Waals surface area contributed by atoms with Crippen molar-refractivity contribution in [3.8, 4) is 11.1 Å². The number of hydrazine groups is 1. The maximum absolute atomic E-state index is 14.5. The molecule has 1 atom stereocenters. The van der Waals surface area contributed by atoms with E-state index in [-0.39, 0.29) is 30.5 Å². The third-order valence-corrected chi connectivity index (χ3v) is 7.85. The molecule has 3 heterocycles. The number of hydrogen-bond acceptors (Lipinski definition) is 5. The Morgan fingerprint density at radius 2 is 1.62 bits per heavy atom. The number of halogens is 1. The highest BCUT2D eigenvalue weighted by Crippen LogP contribution is 2.32. The highest BCUT2D eigenvalue weighted by atomic mass is 19.1. The first kappa shape index (κ1) is 27.2. The molecule has 2 aliphatic rings. The quantitative estimate of drug-likeness (QED) is 0.384. The monoisotopic (exact) mass is 531 g/mol. The van der Waals surface area contributed by atoms with Gasteiger partial charge in [-0.2, -0.15) is 0 Å². The number of carbonyl (C=O) groups is 1. The van der Waals surface area contributed by atoms with Gasteiger partial charge in [-0.1, -0.05) is 69.3 Å². The minimum Gasteiger partial charge on any atom is -0.374 e. The van der Waals surface area contributed by atoms with Crippen LogP contribution in [0.5, 0.6) is 0 Å². The molecule has 2 aliphatic heterocycles. The van der Waals surface area contributed by atoms with Gasteiger partial charge in [-0.25, -0.2) is 24.6 Å². The number of rotatable bonds is 9. The Morgan fingerprint density at radius 3 is 2.18 bits per heavy atom. The number of nitrogens with zero attached hydrogens (tertiary/aromatic N) is 3. The van der Waals surface area contributed by atoms with Gasteiger partial charge in [-0.05, 0) is 53.9 Å². The number of hydrogen-bond donors (Lipinski definition) is 2. The third-order valence-electron chi connectivity index (χ3n) is 7.85. The summed E-state index contributed by atoms with van der Waals surface area (Å²) in [6, 6.07) is 17.0. The maximum Gasteiger partial charge on any atom is 0.333 e. The van der Waals surface area contributed by atoms with Crippen molar-refractivity contribution >= 4 is 6.03 Å². The summed E-state index contributed by atoms with van der Waals surface area (Å²) >= 11 is 0. The van der Waals surface area contributed by atoms with Crippen molar-refractivity contribution in [3.63, 3.8) is 0 Å². The minimum atomic E-state index is -1.56. The summed E-state index contributed by atoms with van der Waals surface area (Å²) < 4.78 is 19.4. The average molecular weight is 532 g/mol. The molecule has 0 aliphatic carbocycles. The van der Waals surface area contributed by atoms with Gasteiger partial charge in [-0.15, -0.1) is 0 Å². The van der Waals surface area contributed by atoms with Gasteiger partial charge in [0.15, 0.2) is 5.82 Å². The van der Waals surface area contributed by atoms with Gasteiger partial charge in [0.1, 0.15) is 5.66 Å². The smallest absolute Gasteiger partial charge is 0.333 e. The summed E-state index contributed by atoms with van der Waals surface area (Å²) in [6.07, 6.45) is 6.68. The van der Waals surface area contributed by atoms with E-state index in [9.17, 15) is 9.18 Å². The summed E-state index contributed by atoms with van der Waals surface area (Å²) in [5.41, 5.74) is 9.81. The van der Waals surface area contributed by atoms with E-state index in [1.165, 1.54) is 16.7 Å². The molecule has 2 N–H and O–H groups in total. The molecule has 2 fully saturated rings. The van der Waals surface area contributed by atoms with E-state index in [4.69, 9.17) is 4.74 Å². The first-order chi connectivity index (χ1) is 18.6. The van der Waals surface area contributed by atoms with Gasteiger partial charge < -0.3 is 9.64 Å². The van der Waals surface area contributed by atoms with Crippen molar-refractivity contribution in [2.75, 3.05) is 19.8 Å². The molecule has 0 saturated carbocycles. The third kappa shape index (κ3) is 5.68. The summed E-state index contributed by atoms with van der Waals surface area (Å²) in [4.78, 5) is 23.0. The molecule has 1 aromatic heterocycles. The lowest BCUT2D eigenvalue weighted by Gasteiger charge is -2.36. The molecule has 5 rings (SSSR count). The number of aromatic nitrogens is 2. The fourth-order valence-corrected chi connectivity index (χ4v) is 5.40. The van der Waals surface area contributed by atoms with Crippen LogP contribution >= 0.6 is 0 Å². The minimum absolute atomic E-state index is 0.0154. The molecule has 0 bridgehead atoms. The number of ether oxygens (including phenoxy) is 1. The fourth-order valence-electron chi connectivity index (χ4n) is 5.40. The fraction of sp³-hybridized carbons (Fsp3) is 0.452. The lowest BCUT2D eigenvalue weighted by molar-refractivity contribution is -0.140. The lowest BCUT2D eigenvalue weighted by Crippen LogP contribution is -2.54. The normalized spacial score (nSPS) is 20.5. The Morgan fingerprint density at radius 1 is 0.974 bits per heavy atom. The number of alkyl halides is 1. The number of benzene rings is 2. The zero-order valence-corrected chi connectivity index (χ0v) is 23.3. The zero-order valence-electron chi connectivity index (χ0n) is 23.3. The second-order valence-corrected chi connectivity index (χ2v) is 11.8. The molecule has 1 unspecified atom stereocenters. The van der Waals surface area contributed by atoms with Crippen LogP contribution in [0, 0.1) is 0 Å². The van der Waals surface area contributed by atoms with Crippen molar-refractivity contribution in [2.24, 2.45) is 0 Å². The SMILES string of the molecule is CCN1C(=O)NNC1(CCCc1ccc(-c2cnc(C3(F)COC3)nc2)cc1)Cc1ccc(C(C)(C)C)cc1. The van der Waals surface area contributed by atoms with Crippen molar-refractivity contribution < 1.29 is 13.9 Å². The molecular formula is C31H38FN5O2. The summed E-state index contributed by atoms with van der Waals surface area (Å²) in [5.74, 6) is 0.183. The number of aryl methyl sites for hydroxylation is 1. The van der Waals surface area contributed by atoms with Gasteiger partial charge in [0.2, 0.25) is 5.67 Å². The van der Waals surface area contributed by atoms with E-state index in [0.717, 1.165) is 36.8 Å². The van der Waals surface area contributed by atoms with Crippen LogP contribution in [-0.2, 0) is 28.7 Å². The first-order valence-corrected chi connectivity index (χ1v) is 13.7. The van der Waals surface area contributed by atoms with E-state index in [2.05, 4.69) is 90.1 Å². The number of amides is 2. The van der Waals surface area contributed by atoms with Gasteiger partial charge in [0.25, 0.3) is 0 Å². The van der Waals surface area contributed by atoms with E-state index in [0.29, 0.717) is 6.54 Å². The van der Waals surface area contributed by atoms with Gasteiger partial charge in [0.05, 0.1) is 13.2 Å². The van der Waals surface area contributed by atoms with Crippen LogP contribution in [0.25, 0.3) is 11.1 Å². The Bertz CT molecular complexity index is 1280. The van der Waals surface area contributed by atoms with Gasteiger partial charge in [0, 0.05) is 30.9 Å². The Balaban J connectivity index is 1.23. The zero-order chi connectivity index (χ0) is 27.7. The topological polar surface area (TPSA) is 79.4 Å². The van der Waals surface area contributed by atoms with Crippen LogP contribution in [0.1, 0.15) is 63.1 Å². The molecule has 0 radical (unpaired) electrons. The number of nitrogens with one attached hydrogen (secondary N) is 2. The summed E-state index contributed by atoms with van der Waals surface area (Å²) in [5, 5.41) is 0. The standard InChI is InChI=1S/C31H38FN5O2/c1-5-37-28(38)35-36-31(37,17-23-10-14-26(15-11-23)29(2,3)4)16-6-7-22-8-12-24(13-9-22)25-18-33-27(34-19-25)30(32)20-39-21-30/h8-15,18-19,36H,5-7,16-17,20-21H2,1-4H3,(H,35,38). The highest BCUT2D eigenvalue weighted by Gasteiger charge is 2.44. The second-order valence-electron chi connectivity index (χ2n) is 11.8. The van der Waals surface area contributed by atoms with Crippen molar-refractivity contribution in [3.05, 3.63) is 83.4 Å². The summed E-state index contributed by atoms with van der Waals surface area (Å²) in [6.45, 7) is 9.32. The van der Waals surface area contributed by atoms with Crippen molar-refractivity contribution in [1.29, 1.82) is 0 Å². The Hall–Kier alpha value is -3.36. The van der Waals surface area contributed by atoms with Crippen LogP contribution in [0.2, 0.25) is 0 Å². The molecule has 3 aromatic rings. The average Bonchev–Trinajstić information content (AvgIpc) is 3.22. The second kappa shape index (κ2) is 10.7. The van der Waals surface area contributed by atoms with Crippen LogP contribution < -0.4 is 10.9 Å². The summed E-state index contributed by atoms with van der Waals surface area (Å²) in [7, 11) is 0. The first-order valence-electron chi connectivity index (χ1n) is 13.7. The molecular weight excluding hydrogens is 493 g/mol. The molecule has 39 heavy (non-hydrogen) atoms. The van der Waals surface area contributed by atoms with Crippen LogP contribution in [0.3, 0.4) is 0 Å². The number of likely N-dealkylation sites (N-methyl/N-ethyl adjacent to an activating group) is 1. The van der Waals surface area contributed by atoms with E-state index in [1.807, 2.05) is 11.8 Å². The molecule has 2 saturated heterocycles. The molecule has 8 heteroatoms. The predicted molar refractivity (Wildman–Crippen MR) is 150 cm³/mol. The maximum atomic E-state index is 14.5. The van der Waals surface area contributed by atoms with Crippen molar-refractivity contribution in [1.82, 2.24) is 25.7 Å². The molecule has 2 amide bonds. The largest absolute Gasteiger partial charge is 0.374 e. The molecule has 206 valence electrons. The van der Waals surface area contributed by atoms with Crippen molar-refractivity contribution in [2.45, 2.75) is 70.1 Å². The van der Waals surface area contributed by atoms with Crippen LogP contribution in [0.15, 0.2) is 60.9 Å². The molecule has 2 aromatic carbocycles. The van der Waals surface area contributed by atoms with Crippen LogP contribution in [0.4, 0.5) is 9.18 Å². The number of carbonyl (C=O) groups excluding carboxylic acids is 1. The molecule has 7 nitrogen and oxygen atoms in total. The van der Waals surface area contributed by atoms with Gasteiger partial charge in [-0.3, -0.25) is 5.43 Å². The molecule has 0 spiro atoms. The van der Waals surface area contributed by atoms with E-state index in [1.54, 1.807) is 12.4 Å². The van der Waals surface area contributed by atoms with E-state index >= 15 is 0 Å². The number of urea groups is 1. The lowest BCUT2D eigenvalue weighted by atomic mass is 9.85. The Kier molecular flexibility index (Phi) is 7.44. The predicted octanol–water partition coefficient (Wildman–Crippen LogP) is 5.45. The van der Waals surface area contributed by atoms with E-state index < -0.39 is 11.3 Å².